The van der Waals surface area contributed by atoms with Crippen LogP contribution in [-0.4, -0.2) is 70.0 Å². The van der Waals surface area contributed by atoms with E-state index in [9.17, 15) is 4.79 Å². The van der Waals surface area contributed by atoms with Crippen LogP contribution in [0.5, 0.6) is 0 Å². The van der Waals surface area contributed by atoms with Crippen LogP contribution in [0, 0.1) is 0 Å². The summed E-state index contributed by atoms with van der Waals surface area (Å²) in [6.07, 6.45) is 1.85. The molecule has 184 valence electrons. The van der Waals surface area contributed by atoms with Gasteiger partial charge in [0, 0.05) is 61.9 Å². The van der Waals surface area contributed by atoms with Gasteiger partial charge < -0.3 is 20.4 Å². The number of pyridine rings is 1. The van der Waals surface area contributed by atoms with E-state index in [1.54, 1.807) is 4.68 Å². The molecule has 0 aliphatic carbocycles. The summed E-state index contributed by atoms with van der Waals surface area (Å²) in [6.45, 7) is 8.25. The normalized spacial score (nSPS) is 19.2. The SMILES string of the molecule is CC1=C(C(=O)Nc2ccc3c(c2)C(c2ccnc(N4CCNCC4)c2)=NC3)[C@@H](C)n2nnnc2N1C. The monoisotopic (exact) mass is 484 g/mol. The summed E-state index contributed by atoms with van der Waals surface area (Å²) in [7, 11) is 1.86. The number of carbonyl (C=O) groups is 1. The van der Waals surface area contributed by atoms with Crippen molar-refractivity contribution in [2.75, 3.05) is 48.3 Å². The van der Waals surface area contributed by atoms with Crippen LogP contribution in [0.2, 0.25) is 0 Å². The third-order valence-electron chi connectivity index (χ3n) is 7.19. The summed E-state index contributed by atoms with van der Waals surface area (Å²) in [4.78, 5) is 27.0. The predicted octanol–water partition coefficient (Wildman–Crippen LogP) is 1.75. The number of benzene rings is 1. The maximum atomic E-state index is 13.4. The fourth-order valence-electron chi connectivity index (χ4n) is 5.11. The first-order chi connectivity index (χ1) is 17.5. The van der Waals surface area contributed by atoms with Gasteiger partial charge in [-0.05, 0) is 54.1 Å². The van der Waals surface area contributed by atoms with Crippen molar-refractivity contribution < 1.29 is 4.79 Å². The van der Waals surface area contributed by atoms with Gasteiger partial charge in [0.2, 0.25) is 5.95 Å². The number of anilines is 3. The fourth-order valence-corrected chi connectivity index (χ4v) is 5.11. The van der Waals surface area contributed by atoms with Gasteiger partial charge in [-0.15, -0.1) is 0 Å². The number of carbonyl (C=O) groups excluding carboxylic acids is 1. The maximum absolute atomic E-state index is 13.4. The molecule has 2 aromatic heterocycles. The molecule has 0 unspecified atom stereocenters. The highest BCUT2D eigenvalue weighted by Crippen LogP contribution is 2.33. The molecule has 0 radical (unpaired) electrons. The van der Waals surface area contributed by atoms with Crippen LogP contribution in [0.25, 0.3) is 0 Å². The Balaban J connectivity index is 1.26. The van der Waals surface area contributed by atoms with Gasteiger partial charge in [-0.1, -0.05) is 11.2 Å². The number of fused-ring (bicyclic) bond motifs is 2. The van der Waals surface area contributed by atoms with Crippen molar-refractivity contribution in [3.63, 3.8) is 0 Å². The molecular formula is C25H28N10O. The number of allylic oxidation sites excluding steroid dienone is 1. The molecule has 36 heavy (non-hydrogen) atoms. The number of nitrogens with one attached hydrogen (secondary N) is 2. The Kier molecular flexibility index (Phi) is 5.48. The van der Waals surface area contributed by atoms with Gasteiger partial charge in [-0.25, -0.2) is 9.67 Å². The van der Waals surface area contributed by atoms with E-state index in [0.29, 0.717) is 18.1 Å². The van der Waals surface area contributed by atoms with Crippen LogP contribution in [0.4, 0.5) is 17.5 Å². The lowest BCUT2D eigenvalue weighted by molar-refractivity contribution is -0.113. The van der Waals surface area contributed by atoms with Gasteiger partial charge in [0.15, 0.2) is 0 Å². The summed E-state index contributed by atoms with van der Waals surface area (Å²) in [5, 5.41) is 18.4. The highest BCUT2D eigenvalue weighted by molar-refractivity contribution is 6.16. The van der Waals surface area contributed by atoms with Crippen LogP contribution in [0.1, 0.15) is 36.6 Å². The van der Waals surface area contributed by atoms with Crippen LogP contribution in [0.3, 0.4) is 0 Å². The Morgan fingerprint density at radius 2 is 2.00 bits per heavy atom. The van der Waals surface area contributed by atoms with Crippen molar-refractivity contribution >= 4 is 29.1 Å². The topological polar surface area (TPSA) is 116 Å². The number of tetrazole rings is 1. The van der Waals surface area contributed by atoms with Crippen molar-refractivity contribution in [1.82, 2.24) is 30.5 Å². The summed E-state index contributed by atoms with van der Waals surface area (Å²) < 4.78 is 1.66. The molecule has 11 nitrogen and oxygen atoms in total. The summed E-state index contributed by atoms with van der Waals surface area (Å²) in [5.41, 5.74) is 6.31. The van der Waals surface area contributed by atoms with Crippen molar-refractivity contribution in [2.45, 2.75) is 26.4 Å². The number of aliphatic imine (C=N–C) groups is 1. The first-order valence-electron chi connectivity index (χ1n) is 12.1. The molecule has 3 aliphatic rings. The number of amides is 1. The van der Waals surface area contributed by atoms with Crippen molar-refractivity contribution in [3.05, 3.63) is 64.5 Å². The zero-order valence-electron chi connectivity index (χ0n) is 20.6. The Bertz CT molecular complexity index is 1400. The first kappa shape index (κ1) is 22.4. The highest BCUT2D eigenvalue weighted by atomic mass is 16.1. The van der Waals surface area contributed by atoms with E-state index >= 15 is 0 Å². The highest BCUT2D eigenvalue weighted by Gasteiger charge is 2.32. The van der Waals surface area contributed by atoms with E-state index < -0.39 is 0 Å². The van der Waals surface area contributed by atoms with Crippen molar-refractivity contribution in [3.8, 4) is 0 Å². The molecule has 0 spiro atoms. The smallest absolute Gasteiger partial charge is 0.255 e. The average molecular weight is 485 g/mol. The largest absolute Gasteiger partial charge is 0.354 e. The molecule has 1 aromatic carbocycles. The van der Waals surface area contributed by atoms with Gasteiger partial charge in [0.05, 0.1) is 23.9 Å². The van der Waals surface area contributed by atoms with E-state index in [1.165, 1.54) is 0 Å². The summed E-state index contributed by atoms with van der Waals surface area (Å²) in [6, 6.07) is 9.82. The van der Waals surface area contributed by atoms with Gasteiger partial charge >= 0.3 is 0 Å². The van der Waals surface area contributed by atoms with Crippen LogP contribution in [-0.2, 0) is 11.3 Å². The summed E-state index contributed by atoms with van der Waals surface area (Å²) in [5.74, 6) is 1.41. The van der Waals surface area contributed by atoms with Crippen molar-refractivity contribution in [1.29, 1.82) is 0 Å². The second-order valence-electron chi connectivity index (χ2n) is 9.29. The van der Waals surface area contributed by atoms with Gasteiger partial charge in [0.25, 0.3) is 5.91 Å². The summed E-state index contributed by atoms with van der Waals surface area (Å²) >= 11 is 0. The molecule has 1 amide bonds. The number of piperazine rings is 1. The van der Waals surface area contributed by atoms with Gasteiger partial charge in [0.1, 0.15) is 5.82 Å². The Labute approximate surface area is 208 Å². The van der Waals surface area contributed by atoms with Gasteiger partial charge in [-0.2, -0.15) is 0 Å². The number of aromatic nitrogens is 5. The Morgan fingerprint density at radius 1 is 1.17 bits per heavy atom. The van der Waals surface area contributed by atoms with Crippen LogP contribution >= 0.6 is 0 Å². The fraction of sp³-hybridized carbons (Fsp3) is 0.360. The quantitative estimate of drug-likeness (QED) is 0.575. The van der Waals surface area contributed by atoms with Crippen LogP contribution < -0.4 is 20.4 Å². The maximum Gasteiger partial charge on any atom is 0.255 e. The molecule has 3 aliphatic heterocycles. The van der Waals surface area contributed by atoms with E-state index in [1.807, 2.05) is 56.3 Å². The van der Waals surface area contributed by atoms with Crippen molar-refractivity contribution in [2.24, 2.45) is 4.99 Å². The Morgan fingerprint density at radius 3 is 2.83 bits per heavy atom. The molecule has 11 heteroatoms. The molecule has 1 fully saturated rings. The minimum atomic E-state index is -0.280. The molecule has 2 N–H and O–H groups in total. The van der Waals surface area contributed by atoms with Gasteiger partial charge in [-0.3, -0.25) is 9.79 Å². The molecule has 0 bridgehead atoms. The number of rotatable bonds is 4. The zero-order valence-corrected chi connectivity index (χ0v) is 20.6. The lowest BCUT2D eigenvalue weighted by Crippen LogP contribution is -2.43. The molecule has 6 rings (SSSR count). The molecule has 1 saturated heterocycles. The third kappa shape index (κ3) is 3.72. The lowest BCUT2D eigenvalue weighted by Gasteiger charge is -2.30. The zero-order chi connectivity index (χ0) is 24.8. The Hall–Kier alpha value is -4.12. The third-order valence-corrected chi connectivity index (χ3v) is 7.19. The van der Waals surface area contributed by atoms with E-state index in [-0.39, 0.29) is 11.9 Å². The minimum absolute atomic E-state index is 0.172. The first-order valence-corrected chi connectivity index (χ1v) is 12.1. The molecule has 3 aromatic rings. The standard InChI is InChI=1S/C25H28N10O/c1-15-22(16(2)35-25(33(15)3)30-31-32-35)24(36)29-19-5-4-18-14-28-23(20(18)13-19)17-6-7-27-21(12-17)34-10-8-26-9-11-34/h4-7,12-13,16,26H,8-11,14H2,1-3H3,(H,29,36)/t16-/m1/s1. The molecule has 1 atom stereocenters. The number of hydrogen-bond donors (Lipinski definition) is 2. The molecular weight excluding hydrogens is 456 g/mol. The lowest BCUT2D eigenvalue weighted by atomic mass is 9.99. The van der Waals surface area contributed by atoms with E-state index in [0.717, 1.165) is 65.8 Å². The van der Waals surface area contributed by atoms with Crippen LogP contribution in [0.15, 0.2) is 52.8 Å². The molecule has 0 saturated carbocycles. The predicted molar refractivity (Wildman–Crippen MR) is 137 cm³/mol. The number of hydrogen-bond acceptors (Lipinski definition) is 9. The minimum Gasteiger partial charge on any atom is -0.354 e. The average Bonchev–Trinajstić information content (AvgIpc) is 3.56. The van der Waals surface area contributed by atoms with E-state index in [2.05, 4.69) is 42.1 Å². The second-order valence-corrected chi connectivity index (χ2v) is 9.29. The number of nitrogens with zero attached hydrogens (tertiary/aromatic N) is 8. The van der Waals surface area contributed by atoms with E-state index in [4.69, 9.17) is 4.99 Å². The second kappa shape index (κ2) is 8.83. The molecule has 5 heterocycles.